The lowest BCUT2D eigenvalue weighted by molar-refractivity contribution is 0.0174. The number of aliphatic hydroxyl groups excluding tert-OH is 1. The van der Waals surface area contributed by atoms with Gasteiger partial charge in [-0.2, -0.15) is 4.98 Å². The minimum Gasteiger partial charge on any atom is -0.390 e. The van der Waals surface area contributed by atoms with Crippen LogP contribution in [0.25, 0.3) is 0 Å². The highest BCUT2D eigenvalue weighted by Gasteiger charge is 2.27. The molecule has 6 nitrogen and oxygen atoms in total. The molecule has 2 heterocycles. The van der Waals surface area contributed by atoms with E-state index in [4.69, 9.17) is 9.26 Å². The van der Waals surface area contributed by atoms with Crippen molar-refractivity contribution in [1.29, 1.82) is 0 Å². The van der Waals surface area contributed by atoms with Crippen molar-refractivity contribution in [3.05, 3.63) is 5.82 Å². The molecule has 0 bridgehead atoms. The van der Waals surface area contributed by atoms with Crippen molar-refractivity contribution in [2.24, 2.45) is 5.92 Å². The van der Waals surface area contributed by atoms with E-state index < -0.39 is 0 Å². The van der Waals surface area contributed by atoms with Crippen LogP contribution in [0.4, 0.5) is 6.01 Å². The molecule has 0 saturated carbocycles. The van der Waals surface area contributed by atoms with E-state index in [-0.39, 0.29) is 12.0 Å². The fourth-order valence-electron chi connectivity index (χ4n) is 2.37. The van der Waals surface area contributed by atoms with Crippen molar-refractivity contribution in [3.8, 4) is 0 Å². The maximum atomic E-state index is 9.91. The van der Waals surface area contributed by atoms with Crippen LogP contribution in [0.3, 0.4) is 0 Å². The van der Waals surface area contributed by atoms with Crippen molar-refractivity contribution in [1.82, 2.24) is 10.1 Å². The van der Waals surface area contributed by atoms with Crippen LogP contribution in [-0.4, -0.2) is 48.2 Å². The fourth-order valence-corrected chi connectivity index (χ4v) is 2.37. The lowest BCUT2D eigenvalue weighted by Gasteiger charge is -2.32. The molecule has 1 aromatic heterocycles. The number of anilines is 1. The van der Waals surface area contributed by atoms with Crippen LogP contribution in [-0.2, 0) is 4.74 Å². The Kier molecular flexibility index (Phi) is 4.76. The molecule has 1 saturated heterocycles. The summed E-state index contributed by atoms with van der Waals surface area (Å²) in [7, 11) is 1.62. The molecule has 1 aliphatic heterocycles. The van der Waals surface area contributed by atoms with E-state index >= 15 is 0 Å². The molecule has 108 valence electrons. The van der Waals surface area contributed by atoms with Crippen LogP contribution >= 0.6 is 0 Å². The summed E-state index contributed by atoms with van der Waals surface area (Å²) in [6.45, 7) is 6.17. The van der Waals surface area contributed by atoms with Gasteiger partial charge in [-0.05, 0) is 18.8 Å². The number of hydrogen-bond donors (Lipinski definition) is 1. The molecule has 2 rings (SSSR count). The van der Waals surface area contributed by atoms with Crippen LogP contribution in [0.15, 0.2) is 4.52 Å². The van der Waals surface area contributed by atoms with Gasteiger partial charge in [0.2, 0.25) is 0 Å². The summed E-state index contributed by atoms with van der Waals surface area (Å²) in [5.41, 5.74) is 0. The lowest BCUT2D eigenvalue weighted by atomic mass is 9.92. The molecular weight excluding hydrogens is 246 g/mol. The highest BCUT2D eigenvalue weighted by Crippen LogP contribution is 2.25. The number of ether oxygens (including phenoxy) is 1. The Morgan fingerprint density at radius 2 is 2.11 bits per heavy atom. The highest BCUT2D eigenvalue weighted by atomic mass is 16.5. The number of piperidine rings is 1. The van der Waals surface area contributed by atoms with Gasteiger partial charge in [0.05, 0.1) is 12.7 Å². The van der Waals surface area contributed by atoms with E-state index in [1.54, 1.807) is 7.11 Å². The zero-order chi connectivity index (χ0) is 13.8. The Hall–Kier alpha value is -1.14. The molecule has 1 fully saturated rings. The first-order valence-corrected chi connectivity index (χ1v) is 6.87. The normalized spacial score (nSPS) is 19.1. The Labute approximate surface area is 113 Å². The minimum absolute atomic E-state index is 0.276. The first-order valence-electron chi connectivity index (χ1n) is 6.87. The quantitative estimate of drug-likeness (QED) is 0.871. The number of nitrogens with zero attached hydrogens (tertiary/aromatic N) is 3. The topological polar surface area (TPSA) is 71.6 Å². The monoisotopic (exact) mass is 269 g/mol. The summed E-state index contributed by atoms with van der Waals surface area (Å²) in [5, 5.41) is 13.9. The second-order valence-electron chi connectivity index (χ2n) is 5.44. The van der Waals surface area contributed by atoms with Crippen LogP contribution in [0, 0.1) is 5.92 Å². The van der Waals surface area contributed by atoms with Gasteiger partial charge >= 0.3 is 6.01 Å². The highest BCUT2D eigenvalue weighted by molar-refractivity contribution is 5.26. The molecule has 1 unspecified atom stereocenters. The van der Waals surface area contributed by atoms with E-state index in [9.17, 15) is 5.11 Å². The average molecular weight is 269 g/mol. The largest absolute Gasteiger partial charge is 0.390 e. The maximum Gasteiger partial charge on any atom is 0.324 e. The van der Waals surface area contributed by atoms with Crippen LogP contribution in [0.5, 0.6) is 0 Å². The minimum atomic E-state index is -0.374. The summed E-state index contributed by atoms with van der Waals surface area (Å²) in [5.74, 6) is 1.32. The molecule has 0 amide bonds. The lowest BCUT2D eigenvalue weighted by Crippen LogP contribution is -2.39. The van der Waals surface area contributed by atoms with Gasteiger partial charge < -0.3 is 19.3 Å². The van der Waals surface area contributed by atoms with Crippen molar-refractivity contribution in [3.63, 3.8) is 0 Å². The van der Waals surface area contributed by atoms with E-state index in [0.717, 1.165) is 31.8 Å². The predicted octanol–water partition coefficient (Wildman–Crippen LogP) is 1.42. The molecule has 1 aliphatic rings. The first-order chi connectivity index (χ1) is 9.11. The zero-order valence-corrected chi connectivity index (χ0v) is 11.9. The molecule has 1 aromatic rings. The molecule has 0 spiro atoms. The molecule has 1 atom stereocenters. The predicted molar refractivity (Wildman–Crippen MR) is 71.2 cm³/mol. The Balaban J connectivity index is 1.88. The standard InChI is InChI=1S/C13H23N3O3/c1-9(2)12-14-13(19-15-12)16-6-4-10(5-7-16)11(17)8-18-3/h9-11,17H,4-8H2,1-3H3. The van der Waals surface area contributed by atoms with Crippen LogP contribution < -0.4 is 4.90 Å². The Morgan fingerprint density at radius 1 is 1.42 bits per heavy atom. The second kappa shape index (κ2) is 6.34. The number of rotatable bonds is 5. The van der Waals surface area contributed by atoms with Crippen LogP contribution in [0.1, 0.15) is 38.4 Å². The smallest absolute Gasteiger partial charge is 0.324 e. The Morgan fingerprint density at radius 3 is 2.63 bits per heavy atom. The number of methoxy groups -OCH3 is 1. The van der Waals surface area contributed by atoms with Gasteiger partial charge in [-0.1, -0.05) is 19.0 Å². The van der Waals surface area contributed by atoms with Gasteiger partial charge in [-0.15, -0.1) is 0 Å². The zero-order valence-electron chi connectivity index (χ0n) is 11.9. The van der Waals surface area contributed by atoms with Crippen LogP contribution in [0.2, 0.25) is 0 Å². The third-order valence-corrected chi connectivity index (χ3v) is 3.64. The van der Waals surface area contributed by atoms with Gasteiger partial charge in [0, 0.05) is 26.1 Å². The van der Waals surface area contributed by atoms with Crippen molar-refractivity contribution >= 4 is 6.01 Å². The van der Waals surface area contributed by atoms with E-state index in [0.29, 0.717) is 18.5 Å². The van der Waals surface area contributed by atoms with Crippen molar-refractivity contribution in [2.75, 3.05) is 31.7 Å². The third-order valence-electron chi connectivity index (χ3n) is 3.64. The molecule has 19 heavy (non-hydrogen) atoms. The average Bonchev–Trinajstić information content (AvgIpc) is 2.89. The second-order valence-corrected chi connectivity index (χ2v) is 5.44. The fraction of sp³-hybridized carbons (Fsp3) is 0.846. The summed E-state index contributed by atoms with van der Waals surface area (Å²) >= 11 is 0. The summed E-state index contributed by atoms with van der Waals surface area (Å²) in [4.78, 5) is 6.49. The Bertz CT molecular complexity index is 386. The summed E-state index contributed by atoms with van der Waals surface area (Å²) in [6.07, 6.45) is 1.47. The van der Waals surface area contributed by atoms with Crippen molar-refractivity contribution < 1.29 is 14.4 Å². The number of aliphatic hydroxyl groups is 1. The third kappa shape index (κ3) is 3.45. The molecule has 0 radical (unpaired) electrons. The number of hydrogen-bond acceptors (Lipinski definition) is 6. The molecular formula is C13H23N3O3. The SMILES string of the molecule is COCC(O)C1CCN(c2nc(C(C)C)no2)CC1. The summed E-state index contributed by atoms with van der Waals surface area (Å²) < 4.78 is 10.3. The molecule has 0 aromatic carbocycles. The summed E-state index contributed by atoms with van der Waals surface area (Å²) in [6, 6.07) is 0.600. The molecule has 1 N–H and O–H groups in total. The van der Waals surface area contributed by atoms with E-state index in [1.807, 2.05) is 13.8 Å². The van der Waals surface area contributed by atoms with Gasteiger partial charge in [-0.3, -0.25) is 0 Å². The molecule has 0 aliphatic carbocycles. The van der Waals surface area contributed by atoms with E-state index in [1.165, 1.54) is 0 Å². The van der Waals surface area contributed by atoms with Gasteiger partial charge in [-0.25, -0.2) is 0 Å². The van der Waals surface area contributed by atoms with Gasteiger partial charge in [0.25, 0.3) is 0 Å². The van der Waals surface area contributed by atoms with Gasteiger partial charge in [0.15, 0.2) is 5.82 Å². The molecule has 6 heteroatoms. The van der Waals surface area contributed by atoms with Gasteiger partial charge in [0.1, 0.15) is 0 Å². The van der Waals surface area contributed by atoms with Crippen molar-refractivity contribution in [2.45, 2.75) is 38.7 Å². The number of aromatic nitrogens is 2. The van der Waals surface area contributed by atoms with E-state index in [2.05, 4.69) is 15.0 Å². The first kappa shape index (κ1) is 14.3. The maximum absolute atomic E-state index is 9.91.